The maximum atomic E-state index is 2.33. The van der Waals surface area contributed by atoms with Crippen molar-refractivity contribution in [1.29, 1.82) is 0 Å². The molecule has 1 aliphatic carbocycles. The highest BCUT2D eigenvalue weighted by atomic mass is 14.3. The van der Waals surface area contributed by atoms with Crippen molar-refractivity contribution in [3.05, 3.63) is 108 Å². The van der Waals surface area contributed by atoms with Crippen molar-refractivity contribution in [2.24, 2.45) is 0 Å². The van der Waals surface area contributed by atoms with E-state index in [0.29, 0.717) is 0 Å². The van der Waals surface area contributed by atoms with E-state index in [4.69, 9.17) is 0 Å². The van der Waals surface area contributed by atoms with Gasteiger partial charge in [-0.1, -0.05) is 103 Å². The number of benzene rings is 4. The fraction of sp³-hybridized carbons (Fsp3) is 0.172. The lowest BCUT2D eigenvalue weighted by Crippen LogP contribution is -2.10. The van der Waals surface area contributed by atoms with Crippen LogP contribution in [0.3, 0.4) is 0 Å². The average molecular weight is 375 g/mol. The molecule has 0 amide bonds. The van der Waals surface area contributed by atoms with Gasteiger partial charge in [-0.25, -0.2) is 0 Å². The predicted molar refractivity (Wildman–Crippen MR) is 124 cm³/mol. The largest absolute Gasteiger partial charge is 0.0622 e. The molecular formula is C29H26. The molecule has 29 heavy (non-hydrogen) atoms. The molecule has 0 spiro atoms. The van der Waals surface area contributed by atoms with Gasteiger partial charge >= 0.3 is 0 Å². The van der Waals surface area contributed by atoms with Crippen LogP contribution >= 0.6 is 0 Å². The number of hydrogen-bond acceptors (Lipinski definition) is 0. The standard InChI is InChI=1S/C29H26/c1-21-26(25-19-17-23(18-20-25)22-9-3-2-4-10-22)15-8-16-27(21)29-14-6-5-13-28(29)24-11-7-12-24/h2-6,8-10,13-20,24H,7,11-12H2,1H3. The summed E-state index contributed by atoms with van der Waals surface area (Å²) >= 11 is 0. The maximum Gasteiger partial charge on any atom is -0.0146 e. The average Bonchev–Trinajstić information content (AvgIpc) is 2.74. The van der Waals surface area contributed by atoms with Crippen molar-refractivity contribution < 1.29 is 0 Å². The molecular weight excluding hydrogens is 348 g/mol. The molecule has 1 saturated carbocycles. The van der Waals surface area contributed by atoms with Gasteiger partial charge in [-0.2, -0.15) is 0 Å². The van der Waals surface area contributed by atoms with Crippen LogP contribution in [0.5, 0.6) is 0 Å². The van der Waals surface area contributed by atoms with E-state index in [-0.39, 0.29) is 0 Å². The van der Waals surface area contributed by atoms with Gasteiger partial charge in [0.1, 0.15) is 0 Å². The smallest absolute Gasteiger partial charge is 0.0146 e. The van der Waals surface area contributed by atoms with Crippen LogP contribution in [0, 0.1) is 6.92 Å². The summed E-state index contributed by atoms with van der Waals surface area (Å²) in [6, 6.07) is 35.3. The van der Waals surface area contributed by atoms with Gasteiger partial charge in [-0.15, -0.1) is 0 Å². The van der Waals surface area contributed by atoms with Gasteiger partial charge in [-0.05, 0) is 70.2 Å². The highest BCUT2D eigenvalue weighted by Crippen LogP contribution is 2.42. The van der Waals surface area contributed by atoms with Gasteiger partial charge in [-0.3, -0.25) is 0 Å². The molecule has 0 heterocycles. The van der Waals surface area contributed by atoms with Crippen LogP contribution in [0.25, 0.3) is 33.4 Å². The van der Waals surface area contributed by atoms with Crippen LogP contribution < -0.4 is 0 Å². The Morgan fingerprint density at radius 3 is 1.83 bits per heavy atom. The molecule has 4 aromatic carbocycles. The summed E-state index contributed by atoms with van der Waals surface area (Å²) in [5.41, 5.74) is 10.8. The van der Waals surface area contributed by atoms with Crippen LogP contribution in [0.4, 0.5) is 0 Å². The molecule has 0 atom stereocenters. The second-order valence-corrected chi connectivity index (χ2v) is 8.14. The predicted octanol–water partition coefficient (Wildman–Crippen LogP) is 8.26. The van der Waals surface area contributed by atoms with E-state index in [1.54, 1.807) is 0 Å². The Labute approximate surface area is 173 Å². The molecule has 0 N–H and O–H groups in total. The first-order chi connectivity index (χ1) is 14.3. The van der Waals surface area contributed by atoms with E-state index < -0.39 is 0 Å². The first-order valence-corrected chi connectivity index (χ1v) is 10.7. The third-order valence-electron chi connectivity index (χ3n) is 6.43. The summed E-state index contributed by atoms with van der Waals surface area (Å²) in [7, 11) is 0. The third-order valence-corrected chi connectivity index (χ3v) is 6.43. The minimum absolute atomic E-state index is 0.736. The van der Waals surface area contributed by atoms with Gasteiger partial charge < -0.3 is 0 Å². The van der Waals surface area contributed by atoms with Crippen LogP contribution in [-0.2, 0) is 0 Å². The molecule has 0 aromatic heterocycles. The zero-order valence-electron chi connectivity index (χ0n) is 16.9. The lowest BCUT2D eigenvalue weighted by atomic mass is 9.76. The van der Waals surface area contributed by atoms with Crippen molar-refractivity contribution in [2.45, 2.75) is 32.1 Å². The van der Waals surface area contributed by atoms with Crippen molar-refractivity contribution in [2.75, 3.05) is 0 Å². The van der Waals surface area contributed by atoms with E-state index in [0.717, 1.165) is 5.92 Å². The molecule has 0 aliphatic heterocycles. The van der Waals surface area contributed by atoms with E-state index >= 15 is 0 Å². The zero-order valence-corrected chi connectivity index (χ0v) is 16.9. The topological polar surface area (TPSA) is 0 Å². The fourth-order valence-electron chi connectivity index (χ4n) is 4.53. The third kappa shape index (κ3) is 3.40. The Kier molecular flexibility index (Phi) is 4.77. The Bertz CT molecular complexity index is 1120. The van der Waals surface area contributed by atoms with Gasteiger partial charge in [0.05, 0.1) is 0 Å². The van der Waals surface area contributed by atoms with Gasteiger partial charge in [0.2, 0.25) is 0 Å². The molecule has 0 bridgehead atoms. The first kappa shape index (κ1) is 17.9. The lowest BCUT2D eigenvalue weighted by molar-refractivity contribution is 0.420. The van der Waals surface area contributed by atoms with E-state index in [1.165, 1.54) is 63.8 Å². The highest BCUT2D eigenvalue weighted by molar-refractivity contribution is 5.81. The zero-order chi connectivity index (χ0) is 19.6. The van der Waals surface area contributed by atoms with Crippen LogP contribution in [0.15, 0.2) is 97.1 Å². The van der Waals surface area contributed by atoms with Crippen LogP contribution in [0.1, 0.15) is 36.3 Å². The van der Waals surface area contributed by atoms with Crippen LogP contribution in [0.2, 0.25) is 0 Å². The molecule has 142 valence electrons. The molecule has 1 aliphatic rings. The van der Waals surface area contributed by atoms with Crippen molar-refractivity contribution in [3.63, 3.8) is 0 Å². The molecule has 0 unspecified atom stereocenters. The number of rotatable bonds is 4. The second kappa shape index (κ2) is 7.72. The van der Waals surface area contributed by atoms with E-state index in [9.17, 15) is 0 Å². The quantitative estimate of drug-likeness (QED) is 0.337. The van der Waals surface area contributed by atoms with Crippen LogP contribution in [-0.4, -0.2) is 0 Å². The molecule has 0 radical (unpaired) electrons. The molecule has 0 heteroatoms. The molecule has 0 nitrogen and oxygen atoms in total. The van der Waals surface area contributed by atoms with Gasteiger partial charge in [0, 0.05) is 0 Å². The summed E-state index contributed by atoms with van der Waals surface area (Å²) in [5, 5.41) is 0. The van der Waals surface area contributed by atoms with Crippen molar-refractivity contribution >= 4 is 0 Å². The summed E-state index contributed by atoms with van der Waals surface area (Å²) in [6.07, 6.45) is 4.03. The van der Waals surface area contributed by atoms with Crippen molar-refractivity contribution in [1.82, 2.24) is 0 Å². The second-order valence-electron chi connectivity index (χ2n) is 8.14. The molecule has 4 aromatic rings. The Morgan fingerprint density at radius 1 is 0.517 bits per heavy atom. The summed E-state index contributed by atoms with van der Waals surface area (Å²) < 4.78 is 0. The molecule has 5 rings (SSSR count). The molecule has 1 fully saturated rings. The minimum Gasteiger partial charge on any atom is -0.0622 e. The maximum absolute atomic E-state index is 2.33. The summed E-state index contributed by atoms with van der Waals surface area (Å²) in [6.45, 7) is 2.27. The Balaban J connectivity index is 1.54. The monoisotopic (exact) mass is 374 g/mol. The normalized spacial score (nSPS) is 13.8. The lowest BCUT2D eigenvalue weighted by Gasteiger charge is -2.28. The Morgan fingerprint density at radius 2 is 1.10 bits per heavy atom. The SMILES string of the molecule is Cc1c(-c2ccc(-c3ccccc3)cc2)cccc1-c1ccccc1C1CCC1. The summed E-state index contributed by atoms with van der Waals surface area (Å²) in [4.78, 5) is 0. The van der Waals surface area contributed by atoms with Gasteiger partial charge in [0.25, 0.3) is 0 Å². The van der Waals surface area contributed by atoms with E-state index in [1.807, 2.05) is 0 Å². The van der Waals surface area contributed by atoms with Crippen molar-refractivity contribution in [3.8, 4) is 33.4 Å². The summed E-state index contributed by atoms with van der Waals surface area (Å²) in [5.74, 6) is 0.736. The first-order valence-electron chi connectivity index (χ1n) is 10.7. The Hall–Kier alpha value is -3.12. The number of hydrogen-bond donors (Lipinski definition) is 0. The minimum atomic E-state index is 0.736. The van der Waals surface area contributed by atoms with Gasteiger partial charge in [0.15, 0.2) is 0 Å². The fourth-order valence-corrected chi connectivity index (χ4v) is 4.53. The molecule has 0 saturated heterocycles. The highest BCUT2D eigenvalue weighted by Gasteiger charge is 2.23. The van der Waals surface area contributed by atoms with E-state index in [2.05, 4.69) is 104 Å².